The molecule has 0 radical (unpaired) electrons. The summed E-state index contributed by atoms with van der Waals surface area (Å²) in [5, 5.41) is 0. The number of halogens is 1. The van der Waals surface area contributed by atoms with Crippen molar-refractivity contribution in [3.8, 4) is 0 Å². The standard InChI is InChI=1S/C9H7BrN2/c10-6-5-9-11-7-3-1-2-4-8(7)12-9/h1-6H,(H,11,12)/b6-5-. The minimum Gasteiger partial charge on any atom is -0.338 e. The van der Waals surface area contributed by atoms with Crippen LogP contribution in [0.5, 0.6) is 0 Å². The van der Waals surface area contributed by atoms with Gasteiger partial charge in [-0.05, 0) is 23.2 Å². The molecule has 0 amide bonds. The molecule has 0 aliphatic rings. The summed E-state index contributed by atoms with van der Waals surface area (Å²) in [5.41, 5.74) is 2.07. The van der Waals surface area contributed by atoms with Crippen molar-refractivity contribution in [2.24, 2.45) is 0 Å². The van der Waals surface area contributed by atoms with Gasteiger partial charge in [0.1, 0.15) is 5.82 Å². The van der Waals surface area contributed by atoms with E-state index in [1.807, 2.05) is 30.3 Å². The van der Waals surface area contributed by atoms with Gasteiger partial charge in [-0.1, -0.05) is 28.1 Å². The summed E-state index contributed by atoms with van der Waals surface area (Å²) in [7, 11) is 0. The average Bonchev–Trinajstić information content (AvgIpc) is 2.47. The van der Waals surface area contributed by atoms with Gasteiger partial charge >= 0.3 is 0 Å². The molecule has 0 saturated carbocycles. The number of rotatable bonds is 1. The van der Waals surface area contributed by atoms with Crippen molar-refractivity contribution in [1.29, 1.82) is 0 Å². The first-order valence-corrected chi connectivity index (χ1v) is 4.53. The highest BCUT2D eigenvalue weighted by Gasteiger charge is 1.96. The number of nitrogens with zero attached hydrogens (tertiary/aromatic N) is 1. The highest BCUT2D eigenvalue weighted by molar-refractivity contribution is 9.11. The molecule has 1 N–H and O–H groups in total. The molecule has 1 heterocycles. The number of aromatic nitrogens is 2. The largest absolute Gasteiger partial charge is 0.338 e. The number of para-hydroxylation sites is 2. The van der Waals surface area contributed by atoms with Gasteiger partial charge in [0.15, 0.2) is 0 Å². The second kappa shape index (κ2) is 3.11. The number of hydrogen-bond donors (Lipinski definition) is 1. The molecule has 2 nitrogen and oxygen atoms in total. The van der Waals surface area contributed by atoms with E-state index in [9.17, 15) is 0 Å². The number of imidazole rings is 1. The summed E-state index contributed by atoms with van der Waals surface area (Å²) < 4.78 is 0. The number of aromatic amines is 1. The minimum absolute atomic E-state index is 0.869. The van der Waals surface area contributed by atoms with E-state index in [2.05, 4.69) is 25.9 Å². The van der Waals surface area contributed by atoms with Crippen LogP contribution < -0.4 is 0 Å². The van der Waals surface area contributed by atoms with E-state index < -0.39 is 0 Å². The molecule has 2 rings (SSSR count). The second-order valence-corrected chi connectivity index (χ2v) is 2.96. The van der Waals surface area contributed by atoms with Crippen molar-refractivity contribution < 1.29 is 0 Å². The van der Waals surface area contributed by atoms with Gasteiger partial charge in [-0.25, -0.2) is 4.98 Å². The Morgan fingerprint density at radius 1 is 1.33 bits per heavy atom. The molecule has 1 aromatic carbocycles. The lowest BCUT2D eigenvalue weighted by Crippen LogP contribution is -1.70. The Morgan fingerprint density at radius 2 is 2.17 bits per heavy atom. The third-order valence-corrected chi connectivity index (χ3v) is 1.89. The number of fused-ring (bicyclic) bond motifs is 1. The molecule has 0 spiro atoms. The second-order valence-electron chi connectivity index (χ2n) is 2.43. The monoisotopic (exact) mass is 222 g/mol. The predicted octanol–water partition coefficient (Wildman–Crippen LogP) is 2.93. The maximum atomic E-state index is 4.33. The zero-order chi connectivity index (χ0) is 8.39. The normalized spacial score (nSPS) is 11.4. The van der Waals surface area contributed by atoms with Crippen molar-refractivity contribution in [2.45, 2.75) is 0 Å². The molecule has 60 valence electrons. The van der Waals surface area contributed by atoms with E-state index >= 15 is 0 Å². The van der Waals surface area contributed by atoms with E-state index in [1.165, 1.54) is 0 Å². The Kier molecular flexibility index (Phi) is 1.96. The van der Waals surface area contributed by atoms with Gasteiger partial charge in [-0.15, -0.1) is 0 Å². The van der Waals surface area contributed by atoms with Gasteiger partial charge < -0.3 is 4.98 Å². The van der Waals surface area contributed by atoms with Crippen LogP contribution in [-0.2, 0) is 0 Å². The van der Waals surface area contributed by atoms with Crippen LogP contribution >= 0.6 is 15.9 Å². The number of hydrogen-bond acceptors (Lipinski definition) is 1. The summed E-state index contributed by atoms with van der Waals surface area (Å²) >= 11 is 3.20. The average molecular weight is 223 g/mol. The van der Waals surface area contributed by atoms with Gasteiger partial charge in [0.2, 0.25) is 0 Å². The van der Waals surface area contributed by atoms with E-state index in [0.717, 1.165) is 16.9 Å². The Bertz CT molecular complexity index is 384. The first kappa shape index (κ1) is 7.55. The Morgan fingerprint density at radius 3 is 2.92 bits per heavy atom. The first-order chi connectivity index (χ1) is 5.90. The lowest BCUT2D eigenvalue weighted by molar-refractivity contribution is 1.29. The molecule has 3 heteroatoms. The van der Waals surface area contributed by atoms with Gasteiger partial charge in [-0.2, -0.15) is 0 Å². The minimum atomic E-state index is 0.869. The number of benzene rings is 1. The van der Waals surface area contributed by atoms with E-state index in [-0.39, 0.29) is 0 Å². The fraction of sp³-hybridized carbons (Fsp3) is 0. The first-order valence-electron chi connectivity index (χ1n) is 3.61. The lowest BCUT2D eigenvalue weighted by atomic mass is 10.3. The Balaban J connectivity index is 2.62. The number of nitrogens with one attached hydrogen (secondary N) is 1. The molecular formula is C9H7BrN2. The van der Waals surface area contributed by atoms with E-state index in [0.29, 0.717) is 0 Å². The molecule has 0 aliphatic heterocycles. The third-order valence-electron chi connectivity index (χ3n) is 1.63. The van der Waals surface area contributed by atoms with Gasteiger partial charge in [0.25, 0.3) is 0 Å². The molecule has 0 saturated heterocycles. The molecule has 0 atom stereocenters. The molecule has 0 bridgehead atoms. The van der Waals surface area contributed by atoms with Crippen molar-refractivity contribution in [2.75, 3.05) is 0 Å². The van der Waals surface area contributed by atoms with E-state index in [4.69, 9.17) is 0 Å². The topological polar surface area (TPSA) is 28.7 Å². The smallest absolute Gasteiger partial charge is 0.131 e. The summed E-state index contributed by atoms with van der Waals surface area (Å²) in [6.45, 7) is 0. The van der Waals surface area contributed by atoms with Crippen LogP contribution in [-0.4, -0.2) is 9.97 Å². The van der Waals surface area contributed by atoms with Crippen LogP contribution in [0.25, 0.3) is 17.1 Å². The Labute approximate surface area is 78.4 Å². The number of H-pyrrole nitrogens is 1. The van der Waals surface area contributed by atoms with Crippen LogP contribution in [0.4, 0.5) is 0 Å². The highest BCUT2D eigenvalue weighted by Crippen LogP contribution is 2.11. The van der Waals surface area contributed by atoms with Crippen molar-refractivity contribution in [1.82, 2.24) is 9.97 Å². The van der Waals surface area contributed by atoms with Crippen molar-refractivity contribution >= 4 is 33.0 Å². The van der Waals surface area contributed by atoms with Crippen LogP contribution in [0.15, 0.2) is 29.3 Å². The van der Waals surface area contributed by atoms with Crippen LogP contribution in [0.3, 0.4) is 0 Å². The fourth-order valence-electron chi connectivity index (χ4n) is 1.11. The maximum Gasteiger partial charge on any atom is 0.131 e. The molecular weight excluding hydrogens is 216 g/mol. The highest BCUT2D eigenvalue weighted by atomic mass is 79.9. The molecule has 0 fully saturated rings. The summed E-state index contributed by atoms with van der Waals surface area (Å²) in [4.78, 5) is 9.28. The van der Waals surface area contributed by atoms with Crippen LogP contribution in [0.1, 0.15) is 5.82 Å². The third kappa shape index (κ3) is 1.28. The molecule has 0 unspecified atom stereocenters. The maximum absolute atomic E-state index is 4.33. The summed E-state index contributed by atoms with van der Waals surface area (Å²) in [6.07, 6.45) is 1.88. The van der Waals surface area contributed by atoms with Gasteiger partial charge in [-0.3, -0.25) is 0 Å². The molecule has 0 aliphatic carbocycles. The summed E-state index contributed by atoms with van der Waals surface area (Å²) in [5.74, 6) is 0.869. The zero-order valence-electron chi connectivity index (χ0n) is 6.29. The lowest BCUT2D eigenvalue weighted by Gasteiger charge is -1.81. The molecule has 1 aromatic heterocycles. The zero-order valence-corrected chi connectivity index (χ0v) is 7.88. The van der Waals surface area contributed by atoms with Gasteiger partial charge in [0, 0.05) is 0 Å². The van der Waals surface area contributed by atoms with Crippen LogP contribution in [0, 0.1) is 0 Å². The van der Waals surface area contributed by atoms with E-state index in [1.54, 1.807) is 4.99 Å². The predicted molar refractivity (Wildman–Crippen MR) is 54.1 cm³/mol. The van der Waals surface area contributed by atoms with Crippen molar-refractivity contribution in [3.63, 3.8) is 0 Å². The summed E-state index contributed by atoms with van der Waals surface area (Å²) in [6, 6.07) is 7.96. The SMILES string of the molecule is Br/C=C\c1nc2ccccc2[nH]1. The van der Waals surface area contributed by atoms with Crippen molar-refractivity contribution in [3.05, 3.63) is 35.1 Å². The fourth-order valence-corrected chi connectivity index (χ4v) is 1.36. The Hall–Kier alpha value is -1.09. The quantitative estimate of drug-likeness (QED) is 0.790. The molecule has 12 heavy (non-hydrogen) atoms. The van der Waals surface area contributed by atoms with Crippen LogP contribution in [0.2, 0.25) is 0 Å². The molecule has 2 aromatic rings. The van der Waals surface area contributed by atoms with Gasteiger partial charge in [0.05, 0.1) is 11.0 Å².